The van der Waals surface area contributed by atoms with Gasteiger partial charge >= 0.3 is 0 Å². The zero-order valence-corrected chi connectivity index (χ0v) is 14.8. The molecular weight excluding hydrogens is 296 g/mol. The predicted octanol–water partition coefficient (Wildman–Crippen LogP) is 4.45. The summed E-state index contributed by atoms with van der Waals surface area (Å²) < 4.78 is 5.78. The molecule has 1 aromatic heterocycles. The fourth-order valence-corrected chi connectivity index (χ4v) is 3.11. The second-order valence-electron chi connectivity index (χ2n) is 7.36. The van der Waals surface area contributed by atoms with Crippen molar-refractivity contribution in [1.82, 2.24) is 10.3 Å². The smallest absolute Gasteiger partial charge is 0.213 e. The predicted molar refractivity (Wildman–Crippen MR) is 98.9 cm³/mol. The van der Waals surface area contributed by atoms with Crippen LogP contribution in [0.25, 0.3) is 5.57 Å². The number of nitrogens with one attached hydrogen (secondary N) is 1. The highest BCUT2D eigenvalue weighted by atomic mass is 16.5. The SMILES string of the molecule is CC(C)(C)C1NCCC=C1c1ccc(OCc2ccccc2)nc1. The average molecular weight is 322 g/mol. The summed E-state index contributed by atoms with van der Waals surface area (Å²) in [5.41, 5.74) is 3.84. The Labute approximate surface area is 144 Å². The third kappa shape index (κ3) is 4.04. The van der Waals surface area contributed by atoms with Crippen molar-refractivity contribution in [1.29, 1.82) is 0 Å². The highest BCUT2D eigenvalue weighted by Gasteiger charge is 2.29. The molecule has 0 aliphatic carbocycles. The number of ether oxygens (including phenoxy) is 1. The van der Waals surface area contributed by atoms with Gasteiger partial charge in [-0.05, 0) is 41.1 Å². The van der Waals surface area contributed by atoms with Gasteiger partial charge in [0.25, 0.3) is 0 Å². The lowest BCUT2D eigenvalue weighted by Crippen LogP contribution is -2.43. The van der Waals surface area contributed by atoms with Crippen LogP contribution in [0.1, 0.15) is 38.3 Å². The number of nitrogens with zero attached hydrogens (tertiary/aromatic N) is 1. The molecule has 1 aliphatic heterocycles. The molecule has 1 atom stereocenters. The molecular formula is C21H26N2O. The van der Waals surface area contributed by atoms with Crippen LogP contribution in [0.5, 0.6) is 5.88 Å². The van der Waals surface area contributed by atoms with Crippen LogP contribution in [0.3, 0.4) is 0 Å². The Balaban J connectivity index is 1.71. The first-order valence-electron chi connectivity index (χ1n) is 8.60. The van der Waals surface area contributed by atoms with Gasteiger partial charge in [0.1, 0.15) is 6.61 Å². The number of hydrogen-bond donors (Lipinski definition) is 1. The van der Waals surface area contributed by atoms with Crippen LogP contribution in [0.15, 0.2) is 54.7 Å². The van der Waals surface area contributed by atoms with Crippen LogP contribution < -0.4 is 10.1 Å². The molecule has 24 heavy (non-hydrogen) atoms. The minimum absolute atomic E-state index is 0.175. The molecule has 0 bridgehead atoms. The van der Waals surface area contributed by atoms with Gasteiger partial charge in [-0.3, -0.25) is 0 Å². The van der Waals surface area contributed by atoms with Crippen molar-refractivity contribution in [3.05, 3.63) is 65.9 Å². The molecule has 0 amide bonds. The van der Waals surface area contributed by atoms with Crippen molar-refractivity contribution in [3.63, 3.8) is 0 Å². The minimum atomic E-state index is 0.175. The summed E-state index contributed by atoms with van der Waals surface area (Å²) in [7, 11) is 0. The number of aromatic nitrogens is 1. The third-order valence-electron chi connectivity index (χ3n) is 4.33. The summed E-state index contributed by atoms with van der Waals surface area (Å²) >= 11 is 0. The van der Waals surface area contributed by atoms with Crippen molar-refractivity contribution in [2.75, 3.05) is 6.54 Å². The van der Waals surface area contributed by atoms with E-state index in [2.05, 4.69) is 55.3 Å². The van der Waals surface area contributed by atoms with E-state index in [0.717, 1.165) is 18.5 Å². The summed E-state index contributed by atoms with van der Waals surface area (Å²) in [6.45, 7) is 8.40. The first-order valence-corrected chi connectivity index (χ1v) is 8.60. The Hall–Kier alpha value is -2.13. The summed E-state index contributed by atoms with van der Waals surface area (Å²) in [5.74, 6) is 0.666. The van der Waals surface area contributed by atoms with Crippen molar-refractivity contribution >= 4 is 5.57 Å². The molecule has 2 heterocycles. The van der Waals surface area contributed by atoms with Crippen LogP contribution in [-0.2, 0) is 6.61 Å². The Bertz CT molecular complexity index is 684. The Morgan fingerprint density at radius 3 is 2.58 bits per heavy atom. The molecule has 1 aromatic carbocycles. The molecule has 0 spiro atoms. The van der Waals surface area contributed by atoms with Gasteiger partial charge in [-0.15, -0.1) is 0 Å². The number of rotatable bonds is 4. The normalized spacial score (nSPS) is 18.1. The topological polar surface area (TPSA) is 34.1 Å². The molecule has 3 heteroatoms. The van der Waals surface area contributed by atoms with Gasteiger partial charge in [-0.1, -0.05) is 57.2 Å². The van der Waals surface area contributed by atoms with E-state index in [4.69, 9.17) is 4.74 Å². The lowest BCUT2D eigenvalue weighted by molar-refractivity contribution is 0.293. The van der Waals surface area contributed by atoms with Gasteiger partial charge in [-0.2, -0.15) is 0 Å². The lowest BCUT2D eigenvalue weighted by atomic mass is 9.78. The maximum Gasteiger partial charge on any atom is 0.213 e. The number of hydrogen-bond acceptors (Lipinski definition) is 3. The second-order valence-corrected chi connectivity index (χ2v) is 7.36. The quantitative estimate of drug-likeness (QED) is 0.903. The fourth-order valence-electron chi connectivity index (χ4n) is 3.11. The van der Waals surface area contributed by atoms with Gasteiger partial charge in [0, 0.05) is 18.3 Å². The maximum absolute atomic E-state index is 5.78. The first-order chi connectivity index (χ1) is 11.5. The van der Waals surface area contributed by atoms with E-state index in [9.17, 15) is 0 Å². The summed E-state index contributed by atoms with van der Waals surface area (Å²) in [6.07, 6.45) is 5.33. The van der Waals surface area contributed by atoms with Crippen molar-refractivity contribution in [3.8, 4) is 5.88 Å². The van der Waals surface area contributed by atoms with Crippen LogP contribution in [0.4, 0.5) is 0 Å². The summed E-state index contributed by atoms with van der Waals surface area (Å²) in [5, 5.41) is 3.64. The molecule has 126 valence electrons. The Morgan fingerprint density at radius 1 is 1.12 bits per heavy atom. The van der Waals surface area contributed by atoms with E-state index in [1.807, 2.05) is 30.5 Å². The van der Waals surface area contributed by atoms with E-state index in [0.29, 0.717) is 18.5 Å². The molecule has 0 fully saturated rings. The van der Waals surface area contributed by atoms with Gasteiger partial charge in [-0.25, -0.2) is 4.98 Å². The molecule has 3 nitrogen and oxygen atoms in total. The summed E-state index contributed by atoms with van der Waals surface area (Å²) in [4.78, 5) is 4.49. The van der Waals surface area contributed by atoms with Gasteiger partial charge < -0.3 is 10.1 Å². The molecule has 2 aromatic rings. The van der Waals surface area contributed by atoms with E-state index in [1.165, 1.54) is 11.1 Å². The van der Waals surface area contributed by atoms with Crippen molar-refractivity contribution < 1.29 is 4.74 Å². The molecule has 3 rings (SSSR count). The van der Waals surface area contributed by atoms with Gasteiger partial charge in [0.2, 0.25) is 5.88 Å². The largest absolute Gasteiger partial charge is 0.473 e. The Morgan fingerprint density at radius 2 is 1.92 bits per heavy atom. The van der Waals surface area contributed by atoms with E-state index in [-0.39, 0.29) is 5.41 Å². The van der Waals surface area contributed by atoms with Crippen LogP contribution in [-0.4, -0.2) is 17.6 Å². The van der Waals surface area contributed by atoms with Crippen molar-refractivity contribution in [2.45, 2.75) is 39.8 Å². The van der Waals surface area contributed by atoms with Gasteiger partial charge in [0.05, 0.1) is 0 Å². The lowest BCUT2D eigenvalue weighted by Gasteiger charge is -2.36. The number of pyridine rings is 1. The third-order valence-corrected chi connectivity index (χ3v) is 4.33. The maximum atomic E-state index is 5.78. The van der Waals surface area contributed by atoms with E-state index in [1.54, 1.807) is 0 Å². The monoisotopic (exact) mass is 322 g/mol. The fraction of sp³-hybridized carbons (Fsp3) is 0.381. The average Bonchev–Trinajstić information content (AvgIpc) is 2.61. The molecule has 1 unspecified atom stereocenters. The first kappa shape index (κ1) is 16.7. The molecule has 1 aliphatic rings. The molecule has 1 N–H and O–H groups in total. The van der Waals surface area contributed by atoms with Crippen LogP contribution in [0, 0.1) is 5.41 Å². The van der Waals surface area contributed by atoms with Crippen molar-refractivity contribution in [2.24, 2.45) is 5.41 Å². The Kier molecular flexibility index (Phi) is 5.00. The van der Waals surface area contributed by atoms with Gasteiger partial charge in [0.15, 0.2) is 0 Å². The highest BCUT2D eigenvalue weighted by molar-refractivity contribution is 5.70. The van der Waals surface area contributed by atoms with E-state index >= 15 is 0 Å². The van der Waals surface area contributed by atoms with E-state index < -0.39 is 0 Å². The number of benzene rings is 1. The summed E-state index contributed by atoms with van der Waals surface area (Å²) in [6, 6.07) is 14.6. The minimum Gasteiger partial charge on any atom is -0.473 e. The second kappa shape index (κ2) is 7.18. The van der Waals surface area contributed by atoms with Crippen LogP contribution in [0.2, 0.25) is 0 Å². The standard InChI is InChI=1S/C21H26N2O/c1-21(2,3)20-18(10-7-13-22-20)17-11-12-19(23-14-17)24-15-16-8-5-4-6-9-16/h4-6,8-12,14,20,22H,7,13,15H2,1-3H3. The highest BCUT2D eigenvalue weighted by Crippen LogP contribution is 2.33. The zero-order chi connectivity index (χ0) is 17.0. The molecule has 0 saturated heterocycles. The molecule has 0 radical (unpaired) electrons. The van der Waals surface area contributed by atoms with Crippen LogP contribution >= 0.6 is 0 Å². The molecule has 0 saturated carbocycles. The zero-order valence-electron chi connectivity index (χ0n) is 14.8.